The molecule has 2 rings (SSSR count). The van der Waals surface area contributed by atoms with Crippen LogP contribution >= 0.6 is 11.6 Å². The minimum absolute atomic E-state index is 0.210. The lowest BCUT2D eigenvalue weighted by Crippen LogP contribution is -2.30. The summed E-state index contributed by atoms with van der Waals surface area (Å²) < 4.78 is 10.5. The van der Waals surface area contributed by atoms with Gasteiger partial charge in [-0.2, -0.15) is 0 Å². The molecule has 0 spiro atoms. The molecule has 6 heteroatoms. The van der Waals surface area contributed by atoms with Gasteiger partial charge in [0.2, 0.25) is 0 Å². The number of nitrogens with one attached hydrogen (secondary N) is 1. The highest BCUT2D eigenvalue weighted by molar-refractivity contribution is 6.30. The van der Waals surface area contributed by atoms with Crippen molar-refractivity contribution in [1.29, 1.82) is 0 Å². The van der Waals surface area contributed by atoms with Crippen LogP contribution < -0.4 is 10.1 Å². The van der Waals surface area contributed by atoms with E-state index in [0.29, 0.717) is 31.0 Å². The van der Waals surface area contributed by atoms with Crippen LogP contribution in [0.4, 0.5) is 0 Å². The summed E-state index contributed by atoms with van der Waals surface area (Å²) in [5, 5.41) is 3.38. The minimum Gasteiger partial charge on any atom is -0.494 e. The fourth-order valence-corrected chi connectivity index (χ4v) is 2.56. The van der Waals surface area contributed by atoms with Crippen molar-refractivity contribution in [2.45, 2.75) is 26.2 Å². The van der Waals surface area contributed by atoms with Crippen LogP contribution in [0.5, 0.6) is 5.75 Å². The second kappa shape index (κ2) is 11.2. The van der Waals surface area contributed by atoms with Crippen LogP contribution in [0, 0.1) is 6.92 Å². The van der Waals surface area contributed by atoms with E-state index >= 15 is 0 Å². The van der Waals surface area contributed by atoms with Crippen LogP contribution in [-0.4, -0.2) is 31.6 Å². The molecule has 2 aromatic carbocycles. The van der Waals surface area contributed by atoms with Gasteiger partial charge >= 0.3 is 5.97 Å². The number of aryl methyl sites for hydroxylation is 1. The molecule has 0 radical (unpaired) electrons. The smallest absolute Gasteiger partial charge is 0.306 e. The SMILES string of the molecule is Cc1ccc(OCCCC(=O)OCC(=O)NCCc2cccc(Cl)c2)cc1. The zero-order valence-electron chi connectivity index (χ0n) is 15.4. The van der Waals surface area contributed by atoms with Crippen molar-refractivity contribution in [3.63, 3.8) is 0 Å². The van der Waals surface area contributed by atoms with Crippen molar-refractivity contribution >= 4 is 23.5 Å². The fourth-order valence-electron chi connectivity index (χ4n) is 2.35. The Morgan fingerprint density at radius 1 is 1.11 bits per heavy atom. The van der Waals surface area contributed by atoms with Gasteiger partial charge in [0, 0.05) is 18.0 Å². The monoisotopic (exact) mass is 389 g/mol. The third-order valence-corrected chi connectivity index (χ3v) is 4.04. The molecule has 0 bridgehead atoms. The Labute approximate surface area is 164 Å². The van der Waals surface area contributed by atoms with E-state index < -0.39 is 5.97 Å². The molecule has 1 amide bonds. The van der Waals surface area contributed by atoms with E-state index in [-0.39, 0.29) is 18.9 Å². The van der Waals surface area contributed by atoms with Crippen molar-refractivity contribution in [3.8, 4) is 5.75 Å². The topological polar surface area (TPSA) is 64.6 Å². The summed E-state index contributed by atoms with van der Waals surface area (Å²) >= 11 is 5.91. The fraction of sp³-hybridized carbons (Fsp3) is 0.333. The Kier molecular flexibility index (Phi) is 8.65. The lowest BCUT2D eigenvalue weighted by Gasteiger charge is -2.08. The van der Waals surface area contributed by atoms with E-state index in [9.17, 15) is 9.59 Å². The first-order valence-corrected chi connectivity index (χ1v) is 9.27. The molecular weight excluding hydrogens is 366 g/mol. The van der Waals surface area contributed by atoms with Crippen LogP contribution in [0.25, 0.3) is 0 Å². The molecule has 0 heterocycles. The molecular formula is C21H24ClNO4. The lowest BCUT2D eigenvalue weighted by molar-refractivity contribution is -0.148. The molecule has 0 aliphatic carbocycles. The molecule has 0 unspecified atom stereocenters. The average molecular weight is 390 g/mol. The van der Waals surface area contributed by atoms with E-state index in [2.05, 4.69) is 5.32 Å². The third-order valence-electron chi connectivity index (χ3n) is 3.80. The van der Waals surface area contributed by atoms with Crippen molar-refractivity contribution in [3.05, 3.63) is 64.7 Å². The molecule has 0 saturated carbocycles. The quantitative estimate of drug-likeness (QED) is 0.497. The highest BCUT2D eigenvalue weighted by Crippen LogP contribution is 2.12. The van der Waals surface area contributed by atoms with E-state index in [1.807, 2.05) is 49.4 Å². The van der Waals surface area contributed by atoms with Crippen molar-refractivity contribution in [2.75, 3.05) is 19.8 Å². The molecule has 0 saturated heterocycles. The predicted octanol–water partition coefficient (Wildman–Crippen LogP) is 3.71. The number of ether oxygens (including phenoxy) is 2. The van der Waals surface area contributed by atoms with Crippen LogP contribution in [0.15, 0.2) is 48.5 Å². The Balaban J connectivity index is 1.52. The first kappa shape index (κ1) is 20.8. The van der Waals surface area contributed by atoms with Crippen LogP contribution in [0.1, 0.15) is 24.0 Å². The Bertz CT molecular complexity index is 746. The average Bonchev–Trinajstić information content (AvgIpc) is 2.65. The number of amides is 1. The normalized spacial score (nSPS) is 10.3. The first-order valence-electron chi connectivity index (χ1n) is 8.89. The number of halogens is 1. The van der Waals surface area contributed by atoms with Crippen molar-refractivity contribution in [1.82, 2.24) is 5.32 Å². The molecule has 0 aromatic heterocycles. The van der Waals surface area contributed by atoms with Gasteiger partial charge in [-0.25, -0.2) is 0 Å². The zero-order valence-corrected chi connectivity index (χ0v) is 16.1. The second-order valence-electron chi connectivity index (χ2n) is 6.16. The van der Waals surface area contributed by atoms with Crippen LogP contribution in [0.2, 0.25) is 5.02 Å². The van der Waals surface area contributed by atoms with E-state index in [4.69, 9.17) is 21.1 Å². The molecule has 0 aliphatic rings. The highest BCUT2D eigenvalue weighted by Gasteiger charge is 2.07. The summed E-state index contributed by atoms with van der Waals surface area (Å²) in [6, 6.07) is 15.2. The number of rotatable bonds is 10. The van der Waals surface area contributed by atoms with Gasteiger partial charge in [-0.1, -0.05) is 41.4 Å². The molecule has 5 nitrogen and oxygen atoms in total. The Morgan fingerprint density at radius 3 is 2.63 bits per heavy atom. The summed E-state index contributed by atoms with van der Waals surface area (Å²) in [5.41, 5.74) is 2.20. The van der Waals surface area contributed by atoms with E-state index in [0.717, 1.165) is 16.9 Å². The summed E-state index contributed by atoms with van der Waals surface area (Å²) in [4.78, 5) is 23.4. The maximum absolute atomic E-state index is 11.7. The summed E-state index contributed by atoms with van der Waals surface area (Å²) in [6.45, 7) is 2.62. The first-order chi connectivity index (χ1) is 13.0. The molecule has 27 heavy (non-hydrogen) atoms. The number of carbonyl (C=O) groups is 2. The van der Waals surface area contributed by atoms with Gasteiger partial charge in [0.1, 0.15) is 5.75 Å². The van der Waals surface area contributed by atoms with Gasteiger partial charge in [-0.3, -0.25) is 9.59 Å². The molecule has 2 aromatic rings. The van der Waals surface area contributed by atoms with Gasteiger partial charge in [-0.05, 0) is 49.6 Å². The lowest BCUT2D eigenvalue weighted by atomic mass is 10.1. The number of hydrogen-bond donors (Lipinski definition) is 1. The Hall–Kier alpha value is -2.53. The standard InChI is InChI=1S/C21H24ClNO4/c1-16-7-9-19(10-8-16)26-13-3-6-21(25)27-15-20(24)23-12-11-17-4-2-5-18(22)14-17/h2,4-5,7-10,14H,3,6,11-13,15H2,1H3,(H,23,24). The number of hydrogen-bond acceptors (Lipinski definition) is 4. The van der Waals surface area contributed by atoms with E-state index in [1.165, 1.54) is 0 Å². The maximum atomic E-state index is 11.7. The molecule has 0 atom stereocenters. The van der Waals surface area contributed by atoms with Crippen molar-refractivity contribution in [2.24, 2.45) is 0 Å². The molecule has 0 fully saturated rings. The number of esters is 1. The molecule has 1 N–H and O–H groups in total. The predicted molar refractivity (Wildman–Crippen MR) is 105 cm³/mol. The molecule has 0 aliphatic heterocycles. The van der Waals surface area contributed by atoms with Crippen molar-refractivity contribution < 1.29 is 19.1 Å². The van der Waals surface area contributed by atoms with Crippen LogP contribution in [0.3, 0.4) is 0 Å². The third kappa shape index (κ3) is 8.60. The minimum atomic E-state index is -0.410. The second-order valence-corrected chi connectivity index (χ2v) is 6.59. The number of carbonyl (C=O) groups excluding carboxylic acids is 2. The van der Waals surface area contributed by atoms with Gasteiger partial charge in [0.05, 0.1) is 6.61 Å². The van der Waals surface area contributed by atoms with Crippen LogP contribution in [-0.2, 0) is 20.7 Å². The largest absolute Gasteiger partial charge is 0.494 e. The maximum Gasteiger partial charge on any atom is 0.306 e. The number of benzene rings is 2. The van der Waals surface area contributed by atoms with Gasteiger partial charge in [-0.15, -0.1) is 0 Å². The highest BCUT2D eigenvalue weighted by atomic mass is 35.5. The van der Waals surface area contributed by atoms with Gasteiger partial charge in [0.25, 0.3) is 5.91 Å². The summed E-state index contributed by atoms with van der Waals surface area (Å²) in [7, 11) is 0. The summed E-state index contributed by atoms with van der Waals surface area (Å²) in [6.07, 6.45) is 1.40. The zero-order chi connectivity index (χ0) is 19.5. The molecule has 144 valence electrons. The van der Waals surface area contributed by atoms with Gasteiger partial charge in [0.15, 0.2) is 6.61 Å². The van der Waals surface area contributed by atoms with E-state index in [1.54, 1.807) is 6.07 Å². The summed E-state index contributed by atoms with van der Waals surface area (Å²) in [5.74, 6) is 0.0434. The van der Waals surface area contributed by atoms with Gasteiger partial charge < -0.3 is 14.8 Å². The Morgan fingerprint density at radius 2 is 1.89 bits per heavy atom.